The van der Waals surface area contributed by atoms with Crippen molar-refractivity contribution in [3.05, 3.63) is 70.5 Å². The topological polar surface area (TPSA) is 251 Å². The molecule has 0 saturated carbocycles. The van der Waals surface area contributed by atoms with Gasteiger partial charge in [0.25, 0.3) is 0 Å². The number of likely N-dealkylation sites (tertiary alicyclic amines) is 1. The van der Waals surface area contributed by atoms with Crippen LogP contribution in [0.1, 0.15) is 142 Å². The normalized spacial score (nSPS) is 17.4. The van der Waals surface area contributed by atoms with Crippen LogP contribution in [0.5, 0.6) is 0 Å². The molecule has 4 atom stereocenters. The Morgan fingerprint density at radius 1 is 0.919 bits per heavy atom. The summed E-state index contributed by atoms with van der Waals surface area (Å²) in [6.45, 7) is 13.6. The summed E-state index contributed by atoms with van der Waals surface area (Å²) in [6, 6.07) is 11.1. The third-order valence-corrected chi connectivity index (χ3v) is 16.3. The van der Waals surface area contributed by atoms with Crippen molar-refractivity contribution in [2.45, 2.75) is 171 Å². The molecule has 0 radical (unpaired) electrons. The van der Waals surface area contributed by atoms with Crippen LogP contribution in [0.2, 0.25) is 5.02 Å². The molecule has 5 amide bonds. The van der Waals surface area contributed by atoms with Crippen LogP contribution in [0, 0.1) is 12.3 Å². The average molecular weight is 1070 g/mol. The fraction of sp³-hybridized carbons (Fsp3) is 0.556. The zero-order valence-electron chi connectivity index (χ0n) is 43.8. The summed E-state index contributed by atoms with van der Waals surface area (Å²) in [7, 11) is 0. The number of anilines is 3. The van der Waals surface area contributed by atoms with E-state index in [1.165, 1.54) is 16.7 Å². The van der Waals surface area contributed by atoms with E-state index in [9.17, 15) is 29.1 Å². The van der Waals surface area contributed by atoms with Crippen LogP contribution in [0.3, 0.4) is 0 Å². The molecule has 4 unspecified atom stereocenters. The Kier molecular flexibility index (Phi) is 21.1. The second-order valence-corrected chi connectivity index (χ2v) is 23.4. The summed E-state index contributed by atoms with van der Waals surface area (Å²) in [6.07, 6.45) is 11.1. The molecule has 2 saturated heterocycles. The van der Waals surface area contributed by atoms with Crippen molar-refractivity contribution in [2.24, 2.45) is 11.1 Å². The number of rotatable bonds is 24. The first-order valence-corrected chi connectivity index (χ1v) is 28.0. The van der Waals surface area contributed by atoms with Gasteiger partial charge < -0.3 is 47.6 Å². The van der Waals surface area contributed by atoms with Gasteiger partial charge in [-0.1, -0.05) is 119 Å². The third kappa shape index (κ3) is 16.8. The molecule has 2 aliphatic rings. The van der Waals surface area contributed by atoms with Gasteiger partial charge in [-0.2, -0.15) is 0 Å². The molecule has 4 aromatic rings. The standard InChI is InChI=1S/C54H76ClN11O6S2/c1-34(36-20-22-37(23-21-36)47-35(2)60-33-73-47)61-50(71)40-29-38(67)32-66(40)52(72)48(53(3,4)5)64-43(68)19-14-12-10-8-7-9-11-13-15-26-58-44(69)30-45(70)62-39-17-16-18-41(46(39)55)74-51-49(56)63-42(31-59-51)65-27-24-54(6,57)25-28-65/h16-18,20-23,31,33-34,38,40,48,67H,7-15,19,24-30,32,57H2,1-6H3,(H2,56,63)(H,58,69)(H,61,71)(H,62,70)(H,64,68). The van der Waals surface area contributed by atoms with Gasteiger partial charge in [-0.15, -0.1) is 11.3 Å². The molecule has 20 heteroatoms. The highest BCUT2D eigenvalue weighted by Gasteiger charge is 2.44. The quantitative estimate of drug-likeness (QED) is 0.0258. The second kappa shape index (κ2) is 26.9. The van der Waals surface area contributed by atoms with Crippen molar-refractivity contribution in [3.63, 3.8) is 0 Å². The number of nitrogen functional groups attached to an aromatic ring is 1. The van der Waals surface area contributed by atoms with Gasteiger partial charge in [0, 0.05) is 49.5 Å². The SMILES string of the molecule is Cc1ncsc1-c1ccc(C(C)NC(=O)C2CC(O)CN2C(=O)C(NC(=O)CCCCCCCCCCCNC(=O)CC(=O)Nc2cccc(Sc3ncc(N4CCC(C)(N)CC4)nc3N)c2Cl)C(C)(C)C)cc1. The lowest BCUT2D eigenvalue weighted by atomic mass is 9.85. The third-order valence-electron chi connectivity index (χ3n) is 13.7. The van der Waals surface area contributed by atoms with Crippen molar-refractivity contribution in [1.82, 2.24) is 35.8 Å². The van der Waals surface area contributed by atoms with Crippen molar-refractivity contribution in [2.75, 3.05) is 42.1 Å². The Morgan fingerprint density at radius 2 is 1.58 bits per heavy atom. The van der Waals surface area contributed by atoms with Gasteiger partial charge in [0.15, 0.2) is 5.82 Å². The molecule has 74 heavy (non-hydrogen) atoms. The number of amides is 5. The summed E-state index contributed by atoms with van der Waals surface area (Å²) in [5.41, 5.74) is 16.9. The Hall–Kier alpha value is -5.34. The number of thiazole rings is 1. The number of benzene rings is 2. The Morgan fingerprint density at radius 3 is 2.22 bits per heavy atom. The number of aromatic nitrogens is 3. The molecule has 0 spiro atoms. The maximum Gasteiger partial charge on any atom is 0.246 e. The van der Waals surface area contributed by atoms with E-state index in [1.54, 1.807) is 35.7 Å². The van der Waals surface area contributed by atoms with Gasteiger partial charge >= 0.3 is 0 Å². The number of halogens is 1. The lowest BCUT2D eigenvalue weighted by molar-refractivity contribution is -0.144. The molecule has 2 aliphatic heterocycles. The molecular formula is C54H76ClN11O6S2. The minimum Gasteiger partial charge on any atom is -0.391 e. The zero-order chi connectivity index (χ0) is 53.6. The van der Waals surface area contributed by atoms with Gasteiger partial charge in [0.05, 0.1) is 45.1 Å². The lowest BCUT2D eigenvalue weighted by Gasteiger charge is -2.37. The summed E-state index contributed by atoms with van der Waals surface area (Å²) >= 11 is 9.51. The van der Waals surface area contributed by atoms with Crippen LogP contribution >= 0.6 is 34.7 Å². The number of piperidine rings is 1. The van der Waals surface area contributed by atoms with Crippen LogP contribution in [0.4, 0.5) is 17.3 Å². The van der Waals surface area contributed by atoms with E-state index in [1.807, 2.05) is 64.4 Å². The minimum absolute atomic E-state index is 0.0164. The highest BCUT2D eigenvalue weighted by molar-refractivity contribution is 7.99. The molecule has 2 aromatic heterocycles. The number of carbonyl (C=O) groups is 5. The summed E-state index contributed by atoms with van der Waals surface area (Å²) in [5, 5.41) is 23.1. The first-order valence-electron chi connectivity index (χ1n) is 26.0. The van der Waals surface area contributed by atoms with Crippen LogP contribution in [0.15, 0.2) is 64.1 Å². The van der Waals surface area contributed by atoms with E-state index < -0.39 is 29.5 Å². The molecule has 17 nitrogen and oxygen atoms in total. The van der Waals surface area contributed by atoms with Crippen LogP contribution < -0.4 is 37.6 Å². The zero-order valence-corrected chi connectivity index (χ0v) is 46.2. The van der Waals surface area contributed by atoms with E-state index in [0.29, 0.717) is 39.4 Å². The largest absolute Gasteiger partial charge is 0.391 e. The van der Waals surface area contributed by atoms with Gasteiger partial charge in [-0.3, -0.25) is 24.0 Å². The number of aliphatic hydroxyl groups is 1. The van der Waals surface area contributed by atoms with Crippen molar-refractivity contribution < 1.29 is 29.1 Å². The molecule has 2 fully saturated rings. The van der Waals surface area contributed by atoms with Crippen LogP contribution in [0.25, 0.3) is 10.4 Å². The van der Waals surface area contributed by atoms with Crippen molar-refractivity contribution in [1.29, 1.82) is 0 Å². The highest BCUT2D eigenvalue weighted by Crippen LogP contribution is 2.39. The lowest BCUT2D eigenvalue weighted by Crippen LogP contribution is -2.57. The Labute approximate surface area is 449 Å². The van der Waals surface area contributed by atoms with E-state index in [-0.39, 0.29) is 66.8 Å². The van der Waals surface area contributed by atoms with E-state index in [2.05, 4.69) is 48.0 Å². The molecule has 9 N–H and O–H groups in total. The number of nitrogens with one attached hydrogen (secondary N) is 4. The van der Waals surface area contributed by atoms with E-state index in [4.69, 9.17) is 23.1 Å². The fourth-order valence-corrected chi connectivity index (χ4v) is 11.1. The Balaban J connectivity index is 0.813. The number of hydrogen-bond acceptors (Lipinski definition) is 14. The summed E-state index contributed by atoms with van der Waals surface area (Å²) < 4.78 is 0. The maximum atomic E-state index is 14.1. The van der Waals surface area contributed by atoms with Gasteiger partial charge in [-0.25, -0.2) is 15.0 Å². The molecule has 4 heterocycles. The number of nitrogens with two attached hydrogens (primary N) is 2. The predicted molar refractivity (Wildman–Crippen MR) is 295 cm³/mol. The number of β-amino-alcohol motifs (C(OH)–C–C–N with tert-alkyl or cyclic N) is 1. The van der Waals surface area contributed by atoms with E-state index >= 15 is 0 Å². The molecule has 0 bridgehead atoms. The minimum atomic E-state index is -0.871. The van der Waals surface area contributed by atoms with Crippen molar-refractivity contribution in [3.8, 4) is 10.4 Å². The monoisotopic (exact) mass is 1070 g/mol. The second-order valence-electron chi connectivity index (χ2n) is 21.2. The van der Waals surface area contributed by atoms with Crippen molar-refractivity contribution >= 4 is 81.6 Å². The molecule has 6 rings (SSSR count). The van der Waals surface area contributed by atoms with Gasteiger partial charge in [-0.05, 0) is 75.1 Å². The maximum absolute atomic E-state index is 14.1. The number of aryl methyl sites for hydroxylation is 1. The number of aliphatic hydroxyl groups excluding tert-OH is 1. The Bertz CT molecular complexity index is 2550. The van der Waals surface area contributed by atoms with Gasteiger partial charge in [0.2, 0.25) is 29.5 Å². The van der Waals surface area contributed by atoms with E-state index in [0.717, 1.165) is 99.0 Å². The molecule has 402 valence electrons. The first-order chi connectivity index (χ1) is 35.2. The average Bonchev–Trinajstić information content (AvgIpc) is 3.97. The number of carbonyl (C=O) groups excluding carboxylic acids is 5. The number of unbranched alkanes of at least 4 members (excludes halogenated alkanes) is 8. The van der Waals surface area contributed by atoms with Crippen LogP contribution in [-0.4, -0.2) is 104 Å². The smallest absolute Gasteiger partial charge is 0.246 e. The first kappa shape index (κ1) is 57.9. The van der Waals surface area contributed by atoms with Gasteiger partial charge in [0.1, 0.15) is 29.3 Å². The predicted octanol–water partition coefficient (Wildman–Crippen LogP) is 8.33. The summed E-state index contributed by atoms with van der Waals surface area (Å²) in [5.74, 6) is -0.791. The molecule has 2 aromatic carbocycles. The number of hydrogen-bond donors (Lipinski definition) is 7. The fourth-order valence-electron chi connectivity index (χ4n) is 9.18. The highest BCUT2D eigenvalue weighted by atomic mass is 35.5. The molecule has 0 aliphatic carbocycles. The molecular weight excluding hydrogens is 998 g/mol. The van der Waals surface area contributed by atoms with Crippen LogP contribution in [-0.2, 0) is 24.0 Å². The number of nitrogens with zero attached hydrogens (tertiary/aromatic N) is 5. The summed E-state index contributed by atoms with van der Waals surface area (Å²) in [4.78, 5) is 85.0.